The number of carbonyl (C=O) groups excluding carboxylic acids is 1. The van der Waals surface area contributed by atoms with Gasteiger partial charge in [-0.15, -0.1) is 0 Å². The van der Waals surface area contributed by atoms with E-state index in [1.165, 1.54) is 0 Å². The molecule has 3 aromatic rings. The van der Waals surface area contributed by atoms with Gasteiger partial charge < -0.3 is 14.2 Å². The lowest BCUT2D eigenvalue weighted by Crippen LogP contribution is -2.48. The number of hydrogen-bond donors (Lipinski definition) is 0. The number of rotatable bonds is 6. The van der Waals surface area contributed by atoms with Gasteiger partial charge in [0.1, 0.15) is 18.1 Å². The lowest BCUT2D eigenvalue weighted by atomic mass is 10.1. The fourth-order valence-electron chi connectivity index (χ4n) is 4.07. The molecule has 0 saturated carbocycles. The number of hydrogen-bond acceptors (Lipinski definition) is 5. The van der Waals surface area contributed by atoms with E-state index in [-0.39, 0.29) is 12.5 Å². The topological polar surface area (TPSA) is 58.8 Å². The van der Waals surface area contributed by atoms with Crippen LogP contribution < -0.4 is 4.74 Å². The first-order chi connectivity index (χ1) is 15.8. The van der Waals surface area contributed by atoms with E-state index in [2.05, 4.69) is 16.1 Å². The second kappa shape index (κ2) is 10.2. The van der Waals surface area contributed by atoms with Crippen molar-refractivity contribution < 1.29 is 14.1 Å². The molecule has 0 radical (unpaired) electrons. The average molecular weight is 488 g/mol. The third-order valence-corrected chi connectivity index (χ3v) is 6.58. The minimum atomic E-state index is -0.138. The number of piperazine rings is 1. The van der Waals surface area contributed by atoms with Crippen LogP contribution in [-0.4, -0.2) is 47.0 Å². The quantitative estimate of drug-likeness (QED) is 0.462. The molecule has 2 aromatic carbocycles. The molecule has 0 spiro atoms. The second-order valence-electron chi connectivity index (χ2n) is 8.45. The fraction of sp³-hybridized carbons (Fsp3) is 0.360. The predicted octanol–water partition coefficient (Wildman–Crippen LogP) is 5.44. The van der Waals surface area contributed by atoms with Crippen LogP contribution in [0.4, 0.5) is 0 Å². The Morgan fingerprint density at radius 2 is 1.64 bits per heavy atom. The van der Waals surface area contributed by atoms with Crippen LogP contribution in [0, 0.1) is 20.8 Å². The Kier molecular flexibility index (Phi) is 7.27. The maximum absolute atomic E-state index is 13.2. The Hall–Kier alpha value is -2.54. The molecule has 1 saturated heterocycles. The summed E-state index contributed by atoms with van der Waals surface area (Å²) in [6.07, 6.45) is 0. The standard InChI is InChI=1S/C25H27Cl2N3O3/c1-16-11-17(2)13-19(12-16)32-15-21-18(3)33-28-24(21)25(31)30-9-7-29(8-10-30)14-20-22(26)5-4-6-23(20)27/h4-6,11-13H,7-10,14-15H2,1-3H3. The number of ether oxygens (including phenoxy) is 1. The summed E-state index contributed by atoms with van der Waals surface area (Å²) in [6, 6.07) is 11.6. The highest BCUT2D eigenvalue weighted by Crippen LogP contribution is 2.26. The van der Waals surface area contributed by atoms with Gasteiger partial charge in [-0.3, -0.25) is 9.69 Å². The summed E-state index contributed by atoms with van der Waals surface area (Å²) < 4.78 is 11.3. The molecule has 1 aliphatic rings. The highest BCUT2D eigenvalue weighted by molar-refractivity contribution is 6.35. The van der Waals surface area contributed by atoms with E-state index in [9.17, 15) is 4.79 Å². The van der Waals surface area contributed by atoms with E-state index < -0.39 is 0 Å². The van der Waals surface area contributed by atoms with Crippen LogP contribution in [-0.2, 0) is 13.2 Å². The summed E-state index contributed by atoms with van der Waals surface area (Å²) in [5.41, 5.74) is 4.17. The molecule has 33 heavy (non-hydrogen) atoms. The van der Waals surface area contributed by atoms with Gasteiger partial charge in [-0.05, 0) is 56.2 Å². The summed E-state index contributed by atoms with van der Waals surface area (Å²) in [4.78, 5) is 17.3. The number of benzene rings is 2. The molecule has 8 heteroatoms. The van der Waals surface area contributed by atoms with Crippen molar-refractivity contribution in [3.8, 4) is 5.75 Å². The highest BCUT2D eigenvalue weighted by Gasteiger charge is 2.28. The van der Waals surface area contributed by atoms with Gasteiger partial charge in [0.2, 0.25) is 0 Å². The number of aromatic nitrogens is 1. The summed E-state index contributed by atoms with van der Waals surface area (Å²) in [5.74, 6) is 1.22. The Labute approximate surface area is 204 Å². The van der Waals surface area contributed by atoms with Gasteiger partial charge in [0, 0.05) is 48.3 Å². The van der Waals surface area contributed by atoms with E-state index in [4.69, 9.17) is 32.5 Å². The molecule has 4 rings (SSSR count). The first-order valence-electron chi connectivity index (χ1n) is 10.9. The normalized spacial score (nSPS) is 14.5. The Morgan fingerprint density at radius 1 is 1.00 bits per heavy atom. The summed E-state index contributed by atoms with van der Waals surface area (Å²) in [5, 5.41) is 5.37. The highest BCUT2D eigenvalue weighted by atomic mass is 35.5. The predicted molar refractivity (Wildman–Crippen MR) is 129 cm³/mol. The largest absolute Gasteiger partial charge is 0.489 e. The SMILES string of the molecule is Cc1cc(C)cc(OCc2c(C(=O)N3CCN(Cc4c(Cl)cccc4Cl)CC3)noc2C)c1. The third kappa shape index (κ3) is 5.52. The van der Waals surface area contributed by atoms with Crippen molar-refractivity contribution in [1.82, 2.24) is 15.0 Å². The van der Waals surface area contributed by atoms with Crippen molar-refractivity contribution in [2.75, 3.05) is 26.2 Å². The second-order valence-corrected chi connectivity index (χ2v) is 9.26. The van der Waals surface area contributed by atoms with Crippen LogP contribution in [0.15, 0.2) is 40.9 Å². The van der Waals surface area contributed by atoms with Crippen LogP contribution >= 0.6 is 23.2 Å². The van der Waals surface area contributed by atoms with Crippen molar-refractivity contribution in [2.24, 2.45) is 0 Å². The smallest absolute Gasteiger partial charge is 0.276 e. The number of aryl methyl sites for hydroxylation is 3. The molecule has 6 nitrogen and oxygen atoms in total. The van der Waals surface area contributed by atoms with Gasteiger partial charge in [0.05, 0.1) is 5.56 Å². The Bertz CT molecular complexity index is 1110. The average Bonchev–Trinajstić information content (AvgIpc) is 3.14. The molecule has 174 valence electrons. The number of nitrogens with zero attached hydrogens (tertiary/aromatic N) is 3. The third-order valence-electron chi connectivity index (χ3n) is 5.87. The molecule has 1 amide bonds. The van der Waals surface area contributed by atoms with Crippen molar-refractivity contribution in [2.45, 2.75) is 33.9 Å². The Morgan fingerprint density at radius 3 is 2.27 bits per heavy atom. The molecule has 0 unspecified atom stereocenters. The maximum atomic E-state index is 13.2. The van der Waals surface area contributed by atoms with Gasteiger partial charge in [-0.2, -0.15) is 0 Å². The first-order valence-corrected chi connectivity index (χ1v) is 11.7. The minimum absolute atomic E-state index is 0.138. The summed E-state index contributed by atoms with van der Waals surface area (Å²) >= 11 is 12.6. The lowest BCUT2D eigenvalue weighted by molar-refractivity contribution is 0.0616. The molecule has 0 N–H and O–H groups in total. The van der Waals surface area contributed by atoms with Gasteiger partial charge in [0.25, 0.3) is 5.91 Å². The monoisotopic (exact) mass is 487 g/mol. The molecular formula is C25H27Cl2N3O3. The Balaban J connectivity index is 1.39. The van der Waals surface area contributed by atoms with E-state index in [1.807, 2.05) is 49.1 Å². The van der Waals surface area contributed by atoms with Crippen molar-refractivity contribution in [3.05, 3.63) is 80.2 Å². The van der Waals surface area contributed by atoms with Gasteiger partial charge in [-0.25, -0.2) is 0 Å². The van der Waals surface area contributed by atoms with Gasteiger partial charge >= 0.3 is 0 Å². The van der Waals surface area contributed by atoms with Crippen LogP contribution in [0.3, 0.4) is 0 Å². The zero-order valence-electron chi connectivity index (χ0n) is 19.0. The molecule has 1 aliphatic heterocycles. The summed E-state index contributed by atoms with van der Waals surface area (Å²) in [7, 11) is 0. The number of amides is 1. The molecular weight excluding hydrogens is 461 g/mol. The molecule has 1 fully saturated rings. The zero-order chi connectivity index (χ0) is 23.5. The molecule has 0 bridgehead atoms. The zero-order valence-corrected chi connectivity index (χ0v) is 20.5. The number of halogens is 2. The molecule has 0 atom stereocenters. The summed E-state index contributed by atoms with van der Waals surface area (Å²) in [6.45, 7) is 9.35. The lowest BCUT2D eigenvalue weighted by Gasteiger charge is -2.34. The number of carbonyl (C=O) groups is 1. The van der Waals surface area contributed by atoms with Gasteiger partial charge in [-0.1, -0.05) is 40.5 Å². The van der Waals surface area contributed by atoms with E-state index in [0.717, 1.165) is 35.5 Å². The molecule has 0 aliphatic carbocycles. The van der Waals surface area contributed by atoms with Gasteiger partial charge in [0.15, 0.2) is 5.69 Å². The van der Waals surface area contributed by atoms with Crippen LogP contribution in [0.2, 0.25) is 10.0 Å². The first kappa shape index (κ1) is 23.6. The van der Waals surface area contributed by atoms with Crippen molar-refractivity contribution >= 4 is 29.1 Å². The molecule has 2 heterocycles. The van der Waals surface area contributed by atoms with E-state index >= 15 is 0 Å². The molecule has 1 aromatic heterocycles. The van der Waals surface area contributed by atoms with Crippen LogP contribution in [0.25, 0.3) is 0 Å². The maximum Gasteiger partial charge on any atom is 0.276 e. The fourth-order valence-corrected chi connectivity index (χ4v) is 4.58. The van der Waals surface area contributed by atoms with Crippen molar-refractivity contribution in [3.63, 3.8) is 0 Å². The van der Waals surface area contributed by atoms with Crippen molar-refractivity contribution in [1.29, 1.82) is 0 Å². The van der Waals surface area contributed by atoms with E-state index in [1.54, 1.807) is 6.92 Å². The van der Waals surface area contributed by atoms with E-state index in [0.29, 0.717) is 46.7 Å². The van der Waals surface area contributed by atoms with Crippen LogP contribution in [0.1, 0.15) is 38.5 Å². The van der Waals surface area contributed by atoms with Crippen LogP contribution in [0.5, 0.6) is 5.75 Å². The minimum Gasteiger partial charge on any atom is -0.489 e.